The van der Waals surface area contributed by atoms with E-state index in [0.717, 1.165) is 0 Å². The first-order chi connectivity index (χ1) is 13.9. The molecule has 0 unspecified atom stereocenters. The lowest BCUT2D eigenvalue weighted by molar-refractivity contribution is -0.111. The second-order valence-corrected chi connectivity index (χ2v) is 8.13. The molecule has 29 heavy (non-hydrogen) atoms. The van der Waals surface area contributed by atoms with E-state index < -0.39 is 21.7 Å². The van der Waals surface area contributed by atoms with Gasteiger partial charge in [0.15, 0.2) is 0 Å². The monoisotopic (exact) mass is 420 g/mol. The molecule has 1 fully saturated rings. The molecule has 1 N–H and O–H groups in total. The van der Waals surface area contributed by atoms with E-state index in [1.807, 2.05) is 0 Å². The van der Waals surface area contributed by atoms with Crippen molar-refractivity contribution in [3.05, 3.63) is 59.9 Å². The van der Waals surface area contributed by atoms with Gasteiger partial charge in [0.1, 0.15) is 16.5 Å². The van der Waals surface area contributed by atoms with Gasteiger partial charge in [-0.05, 0) is 30.3 Å². The van der Waals surface area contributed by atoms with Crippen LogP contribution in [-0.2, 0) is 19.6 Å². The van der Waals surface area contributed by atoms with Gasteiger partial charge >= 0.3 is 0 Å². The SMILES string of the molecule is COc1ccc(NC(=O)C=Cc2ccccc2F)cc1S(=O)(=O)N1CCOCC1. The standard InChI is InChI=1S/C20H21FN2O5S/c1-27-18-8-7-16(14-19(18)29(25,26)23-10-12-28-13-11-23)22-20(24)9-6-15-4-2-3-5-17(15)21/h2-9,14H,10-13H2,1H3,(H,22,24). The molecule has 1 amide bonds. The van der Waals surface area contributed by atoms with Crippen molar-refractivity contribution in [3.8, 4) is 5.75 Å². The third kappa shape index (κ3) is 5.00. The minimum atomic E-state index is -3.81. The molecule has 0 atom stereocenters. The van der Waals surface area contributed by atoms with Gasteiger partial charge in [0.05, 0.1) is 20.3 Å². The molecule has 1 aliphatic heterocycles. The summed E-state index contributed by atoms with van der Waals surface area (Å²) in [6.45, 7) is 1.12. The largest absolute Gasteiger partial charge is 0.495 e. The van der Waals surface area contributed by atoms with Crippen molar-refractivity contribution in [2.24, 2.45) is 0 Å². The van der Waals surface area contributed by atoms with Gasteiger partial charge in [0, 0.05) is 30.4 Å². The summed E-state index contributed by atoms with van der Waals surface area (Å²) < 4.78 is 51.3. The summed E-state index contributed by atoms with van der Waals surface area (Å²) in [4.78, 5) is 12.1. The van der Waals surface area contributed by atoms with E-state index in [2.05, 4.69) is 5.32 Å². The highest BCUT2D eigenvalue weighted by Gasteiger charge is 2.29. The summed E-state index contributed by atoms with van der Waals surface area (Å²) in [5.41, 5.74) is 0.550. The average Bonchev–Trinajstić information content (AvgIpc) is 2.74. The fourth-order valence-corrected chi connectivity index (χ4v) is 4.43. The predicted molar refractivity (Wildman–Crippen MR) is 107 cm³/mol. The molecule has 154 valence electrons. The van der Waals surface area contributed by atoms with Crippen molar-refractivity contribution in [3.63, 3.8) is 0 Å². The van der Waals surface area contributed by atoms with Crippen LogP contribution in [0.3, 0.4) is 0 Å². The summed E-state index contributed by atoms with van der Waals surface area (Å²) in [5.74, 6) is -0.788. The highest BCUT2D eigenvalue weighted by atomic mass is 32.2. The van der Waals surface area contributed by atoms with Crippen LogP contribution in [0.25, 0.3) is 6.08 Å². The lowest BCUT2D eigenvalue weighted by Crippen LogP contribution is -2.40. The van der Waals surface area contributed by atoms with E-state index in [-0.39, 0.29) is 35.0 Å². The van der Waals surface area contributed by atoms with Gasteiger partial charge in [-0.2, -0.15) is 4.31 Å². The summed E-state index contributed by atoms with van der Waals surface area (Å²) in [6.07, 6.45) is 2.53. The molecular formula is C20H21FN2O5S. The van der Waals surface area contributed by atoms with E-state index in [4.69, 9.17) is 9.47 Å². The Bertz CT molecular complexity index is 1020. The van der Waals surface area contributed by atoms with Crippen LogP contribution < -0.4 is 10.1 Å². The zero-order valence-electron chi connectivity index (χ0n) is 15.8. The smallest absolute Gasteiger partial charge is 0.248 e. The third-order valence-corrected chi connectivity index (χ3v) is 6.26. The maximum Gasteiger partial charge on any atom is 0.248 e. The van der Waals surface area contributed by atoms with Crippen LogP contribution in [0, 0.1) is 5.82 Å². The van der Waals surface area contributed by atoms with E-state index >= 15 is 0 Å². The molecule has 0 aromatic heterocycles. The second-order valence-electron chi connectivity index (χ2n) is 6.23. The molecule has 0 saturated carbocycles. The molecule has 0 bridgehead atoms. The first-order valence-corrected chi connectivity index (χ1v) is 10.4. The predicted octanol–water partition coefficient (Wildman–Crippen LogP) is 2.51. The maximum absolute atomic E-state index is 13.6. The molecule has 1 aliphatic rings. The Morgan fingerprint density at radius 1 is 1.21 bits per heavy atom. The number of hydrogen-bond donors (Lipinski definition) is 1. The normalized spacial score (nSPS) is 15.4. The summed E-state index contributed by atoms with van der Waals surface area (Å²) in [5, 5.41) is 2.59. The Morgan fingerprint density at radius 2 is 1.93 bits per heavy atom. The lowest BCUT2D eigenvalue weighted by Gasteiger charge is -2.26. The van der Waals surface area contributed by atoms with Crippen molar-refractivity contribution in [1.29, 1.82) is 0 Å². The molecule has 1 saturated heterocycles. The first-order valence-electron chi connectivity index (χ1n) is 8.91. The number of carbonyl (C=O) groups is 1. The summed E-state index contributed by atoms with van der Waals surface area (Å²) in [7, 11) is -2.44. The number of hydrogen-bond acceptors (Lipinski definition) is 5. The molecule has 9 heteroatoms. The molecule has 0 aliphatic carbocycles. The van der Waals surface area contributed by atoms with Crippen LogP contribution in [0.5, 0.6) is 5.75 Å². The minimum Gasteiger partial charge on any atom is -0.495 e. The van der Waals surface area contributed by atoms with Gasteiger partial charge in [-0.3, -0.25) is 4.79 Å². The second kappa shape index (κ2) is 9.17. The minimum absolute atomic E-state index is 0.0437. The van der Waals surface area contributed by atoms with Crippen LogP contribution in [0.15, 0.2) is 53.4 Å². The van der Waals surface area contributed by atoms with Crippen LogP contribution in [0.1, 0.15) is 5.56 Å². The number of carbonyl (C=O) groups excluding carboxylic acids is 1. The van der Waals surface area contributed by atoms with Crippen molar-refractivity contribution in [2.75, 3.05) is 38.7 Å². The van der Waals surface area contributed by atoms with Gasteiger partial charge in [0.25, 0.3) is 0 Å². The number of halogens is 1. The van der Waals surface area contributed by atoms with Gasteiger partial charge in [0.2, 0.25) is 15.9 Å². The quantitative estimate of drug-likeness (QED) is 0.726. The molecule has 2 aromatic carbocycles. The fourth-order valence-electron chi connectivity index (χ4n) is 2.84. The van der Waals surface area contributed by atoms with Crippen LogP contribution in [0.2, 0.25) is 0 Å². The molecule has 1 heterocycles. The Labute approximate surface area is 168 Å². The van der Waals surface area contributed by atoms with Gasteiger partial charge < -0.3 is 14.8 Å². The van der Waals surface area contributed by atoms with E-state index in [1.165, 1.54) is 47.8 Å². The fraction of sp³-hybridized carbons (Fsp3) is 0.250. The van der Waals surface area contributed by atoms with Crippen LogP contribution >= 0.6 is 0 Å². The van der Waals surface area contributed by atoms with E-state index in [9.17, 15) is 17.6 Å². The third-order valence-electron chi connectivity index (χ3n) is 4.34. The van der Waals surface area contributed by atoms with Gasteiger partial charge in [-0.1, -0.05) is 18.2 Å². The molecule has 7 nitrogen and oxygen atoms in total. The first kappa shape index (κ1) is 21.0. The molecule has 0 spiro atoms. The Morgan fingerprint density at radius 3 is 2.62 bits per heavy atom. The number of nitrogens with zero attached hydrogens (tertiary/aromatic N) is 1. The number of benzene rings is 2. The molecule has 3 rings (SSSR count). The van der Waals surface area contributed by atoms with Crippen molar-refractivity contribution < 1.29 is 27.1 Å². The van der Waals surface area contributed by atoms with Crippen molar-refractivity contribution in [1.82, 2.24) is 4.31 Å². The molecular weight excluding hydrogens is 399 g/mol. The van der Waals surface area contributed by atoms with Crippen LogP contribution in [-0.4, -0.2) is 52.0 Å². The number of ether oxygens (including phenoxy) is 2. The number of methoxy groups -OCH3 is 1. The Kier molecular flexibility index (Phi) is 6.63. The molecule has 2 aromatic rings. The number of amides is 1. The van der Waals surface area contributed by atoms with E-state index in [0.29, 0.717) is 13.2 Å². The summed E-state index contributed by atoms with van der Waals surface area (Å²) >= 11 is 0. The number of rotatable bonds is 6. The van der Waals surface area contributed by atoms with E-state index in [1.54, 1.807) is 18.2 Å². The maximum atomic E-state index is 13.6. The lowest BCUT2D eigenvalue weighted by atomic mass is 10.2. The number of anilines is 1. The highest BCUT2D eigenvalue weighted by Crippen LogP contribution is 2.30. The number of sulfonamides is 1. The topological polar surface area (TPSA) is 84.9 Å². The zero-order valence-corrected chi connectivity index (χ0v) is 16.6. The average molecular weight is 420 g/mol. The van der Waals surface area contributed by atoms with Crippen LogP contribution in [0.4, 0.5) is 10.1 Å². The highest BCUT2D eigenvalue weighted by molar-refractivity contribution is 7.89. The Hall–Kier alpha value is -2.75. The molecule has 0 radical (unpaired) electrons. The Balaban J connectivity index is 1.81. The zero-order chi connectivity index (χ0) is 20.9. The number of morpholine rings is 1. The van der Waals surface area contributed by atoms with Gasteiger partial charge in [-0.25, -0.2) is 12.8 Å². The van der Waals surface area contributed by atoms with Gasteiger partial charge in [-0.15, -0.1) is 0 Å². The summed E-state index contributed by atoms with van der Waals surface area (Å²) in [6, 6.07) is 10.4. The number of nitrogens with one attached hydrogen (secondary N) is 1. The van der Waals surface area contributed by atoms with Crippen molar-refractivity contribution in [2.45, 2.75) is 4.90 Å². The van der Waals surface area contributed by atoms with Crippen molar-refractivity contribution >= 4 is 27.7 Å².